The summed E-state index contributed by atoms with van der Waals surface area (Å²) in [7, 11) is 0. The molecule has 1 heterocycles. The van der Waals surface area contributed by atoms with Crippen LogP contribution in [0.25, 0.3) is 11.3 Å². The summed E-state index contributed by atoms with van der Waals surface area (Å²) in [4.78, 5) is 12.3. The van der Waals surface area contributed by atoms with Crippen LogP contribution in [-0.4, -0.2) is 15.7 Å². The van der Waals surface area contributed by atoms with Crippen molar-refractivity contribution < 1.29 is 4.79 Å². The Morgan fingerprint density at radius 2 is 2.00 bits per heavy atom. The number of carbonyl (C=O) groups excluding carboxylic acids is 1. The highest BCUT2D eigenvalue weighted by molar-refractivity contribution is 5.86. The zero-order valence-electron chi connectivity index (χ0n) is 10.0. The topological polar surface area (TPSA) is 60.9 Å². The summed E-state index contributed by atoms with van der Waals surface area (Å²) in [6.07, 6.45) is 3.06. The Kier molecular flexibility index (Phi) is 2.63. The molecule has 2 N–H and O–H groups in total. The molecule has 4 nitrogen and oxygen atoms in total. The predicted octanol–water partition coefficient (Wildman–Crippen LogP) is 2.57. The summed E-state index contributed by atoms with van der Waals surface area (Å²) in [6, 6.07) is 11.5. The van der Waals surface area contributed by atoms with Gasteiger partial charge in [0, 0.05) is 17.5 Å². The summed E-state index contributed by atoms with van der Waals surface area (Å²) in [5, 5.41) is 4.13. The van der Waals surface area contributed by atoms with Crippen molar-refractivity contribution in [2.24, 2.45) is 5.92 Å². The molecule has 0 bridgehead atoms. The summed E-state index contributed by atoms with van der Waals surface area (Å²) < 4.78 is 1.47. The zero-order chi connectivity index (χ0) is 12.5. The van der Waals surface area contributed by atoms with Crippen LogP contribution in [0.3, 0.4) is 0 Å². The lowest BCUT2D eigenvalue weighted by Crippen LogP contribution is -2.28. The first-order valence-electron chi connectivity index (χ1n) is 6.21. The molecular weight excluding hydrogens is 226 g/mol. The highest BCUT2D eigenvalue weighted by Crippen LogP contribution is 2.30. The van der Waals surface area contributed by atoms with Crippen LogP contribution in [0.15, 0.2) is 36.4 Å². The SMILES string of the molecule is Nc1cc(-c2ccccc2)n(C(=O)C2CCC2)n1. The first-order chi connectivity index (χ1) is 8.75. The molecule has 1 aromatic heterocycles. The van der Waals surface area contributed by atoms with E-state index in [0.29, 0.717) is 5.82 Å². The van der Waals surface area contributed by atoms with Crippen LogP contribution in [0, 0.1) is 5.92 Å². The van der Waals surface area contributed by atoms with Crippen molar-refractivity contribution >= 4 is 11.7 Å². The molecule has 1 fully saturated rings. The van der Waals surface area contributed by atoms with Gasteiger partial charge in [-0.05, 0) is 12.8 Å². The van der Waals surface area contributed by atoms with E-state index in [9.17, 15) is 4.79 Å². The monoisotopic (exact) mass is 241 g/mol. The van der Waals surface area contributed by atoms with Gasteiger partial charge in [0.1, 0.15) is 5.82 Å². The quantitative estimate of drug-likeness (QED) is 0.879. The van der Waals surface area contributed by atoms with E-state index in [4.69, 9.17) is 5.73 Å². The second-order valence-electron chi connectivity index (χ2n) is 4.70. The normalized spacial score (nSPS) is 15.3. The molecule has 0 saturated heterocycles. The molecule has 0 aliphatic heterocycles. The number of hydrogen-bond acceptors (Lipinski definition) is 3. The van der Waals surface area contributed by atoms with Gasteiger partial charge in [0.05, 0.1) is 5.69 Å². The number of nitrogen functional groups attached to an aromatic ring is 1. The smallest absolute Gasteiger partial charge is 0.250 e. The summed E-state index contributed by atoms with van der Waals surface area (Å²) in [6.45, 7) is 0. The van der Waals surface area contributed by atoms with Crippen LogP contribution in [0.5, 0.6) is 0 Å². The lowest BCUT2D eigenvalue weighted by atomic mass is 9.85. The largest absolute Gasteiger partial charge is 0.382 e. The van der Waals surface area contributed by atoms with Gasteiger partial charge >= 0.3 is 0 Å². The van der Waals surface area contributed by atoms with Crippen LogP contribution in [0.2, 0.25) is 0 Å². The summed E-state index contributed by atoms with van der Waals surface area (Å²) in [5.41, 5.74) is 7.48. The van der Waals surface area contributed by atoms with Gasteiger partial charge in [-0.3, -0.25) is 4.79 Å². The van der Waals surface area contributed by atoms with Gasteiger partial charge in [-0.1, -0.05) is 36.8 Å². The van der Waals surface area contributed by atoms with E-state index in [0.717, 1.165) is 30.5 Å². The minimum atomic E-state index is 0.0665. The molecule has 1 aliphatic rings. The standard InChI is InChI=1S/C14H15N3O/c15-13-9-12(10-5-2-1-3-6-10)17(16-13)14(18)11-7-4-8-11/h1-3,5-6,9,11H,4,7-8H2,(H2,15,16). The Balaban J connectivity index is 2.02. The van der Waals surface area contributed by atoms with E-state index in [1.807, 2.05) is 30.3 Å². The van der Waals surface area contributed by atoms with Crippen molar-refractivity contribution in [1.82, 2.24) is 9.78 Å². The highest BCUT2D eigenvalue weighted by atomic mass is 16.2. The molecule has 4 heteroatoms. The minimum absolute atomic E-state index is 0.0665. The molecule has 2 aromatic rings. The number of aromatic nitrogens is 2. The Bertz CT molecular complexity index is 570. The van der Waals surface area contributed by atoms with E-state index < -0.39 is 0 Å². The van der Waals surface area contributed by atoms with Gasteiger partial charge in [-0.2, -0.15) is 4.68 Å². The van der Waals surface area contributed by atoms with Gasteiger partial charge in [-0.15, -0.1) is 5.10 Å². The lowest BCUT2D eigenvalue weighted by molar-refractivity contribution is 0.0750. The molecule has 92 valence electrons. The van der Waals surface area contributed by atoms with Gasteiger partial charge in [0.2, 0.25) is 0 Å². The van der Waals surface area contributed by atoms with E-state index >= 15 is 0 Å². The third-order valence-corrected chi connectivity index (χ3v) is 3.46. The molecule has 0 amide bonds. The maximum Gasteiger partial charge on any atom is 0.250 e. The summed E-state index contributed by atoms with van der Waals surface area (Å²) in [5.74, 6) is 0.574. The fourth-order valence-corrected chi connectivity index (χ4v) is 2.21. The average Bonchev–Trinajstić information content (AvgIpc) is 2.70. The van der Waals surface area contributed by atoms with Crippen LogP contribution in [0.1, 0.15) is 24.1 Å². The maximum absolute atomic E-state index is 12.3. The number of nitrogens with two attached hydrogens (primary N) is 1. The molecule has 0 unspecified atom stereocenters. The van der Waals surface area contributed by atoms with Crippen LogP contribution < -0.4 is 5.73 Å². The van der Waals surface area contributed by atoms with E-state index in [-0.39, 0.29) is 11.8 Å². The third-order valence-electron chi connectivity index (χ3n) is 3.46. The van der Waals surface area contributed by atoms with E-state index in [1.165, 1.54) is 4.68 Å². The fraction of sp³-hybridized carbons (Fsp3) is 0.286. The Labute approximate surface area is 105 Å². The van der Waals surface area contributed by atoms with Crippen LogP contribution in [0.4, 0.5) is 5.82 Å². The number of carbonyl (C=O) groups is 1. The third kappa shape index (κ3) is 1.79. The van der Waals surface area contributed by atoms with Gasteiger partial charge in [0.25, 0.3) is 5.91 Å². The van der Waals surface area contributed by atoms with Crippen molar-refractivity contribution in [3.63, 3.8) is 0 Å². The first kappa shape index (κ1) is 11.0. The Hall–Kier alpha value is -2.10. The van der Waals surface area contributed by atoms with Crippen LogP contribution in [-0.2, 0) is 0 Å². The zero-order valence-corrected chi connectivity index (χ0v) is 10.0. The van der Waals surface area contributed by atoms with Crippen molar-refractivity contribution in [1.29, 1.82) is 0 Å². The van der Waals surface area contributed by atoms with Gasteiger partial charge < -0.3 is 5.73 Å². The fourth-order valence-electron chi connectivity index (χ4n) is 2.21. The van der Waals surface area contributed by atoms with Crippen molar-refractivity contribution in [2.45, 2.75) is 19.3 Å². The molecule has 0 atom stereocenters. The molecule has 1 aromatic carbocycles. The number of anilines is 1. The van der Waals surface area contributed by atoms with Crippen LogP contribution >= 0.6 is 0 Å². The second-order valence-corrected chi connectivity index (χ2v) is 4.70. The van der Waals surface area contributed by atoms with Crippen molar-refractivity contribution in [3.05, 3.63) is 36.4 Å². The molecule has 1 saturated carbocycles. The molecular formula is C14H15N3O. The lowest BCUT2D eigenvalue weighted by Gasteiger charge is -2.23. The Morgan fingerprint density at radius 3 is 2.61 bits per heavy atom. The number of rotatable bonds is 2. The van der Waals surface area contributed by atoms with E-state index in [1.54, 1.807) is 6.07 Å². The maximum atomic E-state index is 12.3. The van der Waals surface area contributed by atoms with Crippen molar-refractivity contribution in [2.75, 3.05) is 5.73 Å². The van der Waals surface area contributed by atoms with Crippen molar-refractivity contribution in [3.8, 4) is 11.3 Å². The number of nitrogens with zero attached hydrogens (tertiary/aromatic N) is 2. The number of hydrogen-bond donors (Lipinski definition) is 1. The first-order valence-corrected chi connectivity index (χ1v) is 6.21. The van der Waals surface area contributed by atoms with E-state index in [2.05, 4.69) is 5.10 Å². The molecule has 0 radical (unpaired) electrons. The summed E-state index contributed by atoms with van der Waals surface area (Å²) >= 11 is 0. The molecule has 0 spiro atoms. The molecule has 3 rings (SSSR count). The number of benzene rings is 1. The Morgan fingerprint density at radius 1 is 1.28 bits per heavy atom. The molecule has 1 aliphatic carbocycles. The average molecular weight is 241 g/mol. The van der Waals surface area contributed by atoms with Gasteiger partial charge in [0.15, 0.2) is 0 Å². The second kappa shape index (κ2) is 4.29. The van der Waals surface area contributed by atoms with Gasteiger partial charge in [-0.25, -0.2) is 0 Å². The predicted molar refractivity (Wildman–Crippen MR) is 70.0 cm³/mol. The molecule has 18 heavy (non-hydrogen) atoms. The highest BCUT2D eigenvalue weighted by Gasteiger charge is 2.28. The minimum Gasteiger partial charge on any atom is -0.382 e.